The number of ether oxygens (including phenoxy) is 1. The van der Waals surface area contributed by atoms with Gasteiger partial charge in [0, 0.05) is 5.92 Å². The molecule has 52 valence electrons. The summed E-state index contributed by atoms with van der Waals surface area (Å²) in [6.07, 6.45) is 0. The summed E-state index contributed by atoms with van der Waals surface area (Å²) in [5.41, 5.74) is 5.30. The number of rotatable bonds is 1. The van der Waals surface area contributed by atoms with Crippen LogP contribution in [0.15, 0.2) is 0 Å². The Balaban J connectivity index is 2.51. The van der Waals surface area contributed by atoms with Crippen molar-refractivity contribution in [3.05, 3.63) is 0 Å². The fourth-order valence-corrected chi connectivity index (χ4v) is 0.748. The molecule has 1 saturated heterocycles. The summed E-state index contributed by atoms with van der Waals surface area (Å²) in [5, 5.41) is 8.54. The predicted molar refractivity (Wildman–Crippen MR) is 29.5 cm³/mol. The third kappa shape index (κ3) is 1.04. The van der Waals surface area contributed by atoms with Crippen LogP contribution in [0.1, 0.15) is 0 Å². The Bertz CT molecular complexity index is 125. The number of carbonyl (C=O) groups excluding carboxylic acids is 1. The van der Waals surface area contributed by atoms with Gasteiger partial charge in [-0.2, -0.15) is 0 Å². The van der Waals surface area contributed by atoms with Gasteiger partial charge in [0.2, 0.25) is 0 Å². The van der Waals surface area contributed by atoms with Gasteiger partial charge in [-0.25, -0.2) is 0 Å². The number of aliphatic hydroxyl groups excluding tert-OH is 1. The Kier molecular flexibility index (Phi) is 1.68. The van der Waals surface area contributed by atoms with Crippen LogP contribution in [-0.2, 0) is 9.53 Å². The van der Waals surface area contributed by atoms with Crippen LogP contribution in [0.25, 0.3) is 0 Å². The molecule has 3 N–H and O–H groups in total. The number of nitrogens with two attached hydrogens (primary N) is 1. The van der Waals surface area contributed by atoms with E-state index < -0.39 is 12.0 Å². The zero-order chi connectivity index (χ0) is 6.85. The molecule has 1 aliphatic heterocycles. The highest BCUT2D eigenvalue weighted by atomic mass is 16.5. The minimum absolute atomic E-state index is 0.0765. The van der Waals surface area contributed by atoms with E-state index in [9.17, 15) is 4.79 Å². The molecule has 0 amide bonds. The van der Waals surface area contributed by atoms with Gasteiger partial charge < -0.3 is 15.6 Å². The molecule has 0 aromatic heterocycles. The van der Waals surface area contributed by atoms with Crippen LogP contribution >= 0.6 is 0 Å². The van der Waals surface area contributed by atoms with Crippen molar-refractivity contribution in [1.29, 1.82) is 0 Å². The van der Waals surface area contributed by atoms with Crippen molar-refractivity contribution >= 4 is 5.97 Å². The summed E-state index contributed by atoms with van der Waals surface area (Å²) in [6, 6.07) is -0.616. The van der Waals surface area contributed by atoms with Crippen LogP contribution in [0.3, 0.4) is 0 Å². The Morgan fingerprint density at radius 1 is 1.89 bits per heavy atom. The van der Waals surface area contributed by atoms with Crippen LogP contribution < -0.4 is 5.73 Å². The molecular weight excluding hydrogens is 122 g/mol. The molecule has 1 rings (SSSR count). The monoisotopic (exact) mass is 131 g/mol. The quantitative estimate of drug-likeness (QED) is 0.424. The first-order valence-electron chi connectivity index (χ1n) is 2.78. The molecule has 2 atom stereocenters. The van der Waals surface area contributed by atoms with Crippen molar-refractivity contribution in [1.82, 2.24) is 0 Å². The van der Waals surface area contributed by atoms with Gasteiger partial charge in [0.25, 0.3) is 0 Å². The zero-order valence-corrected chi connectivity index (χ0v) is 4.91. The average Bonchev–Trinajstić information content (AvgIpc) is 2.15. The molecule has 0 bridgehead atoms. The van der Waals surface area contributed by atoms with Gasteiger partial charge in [0.1, 0.15) is 6.04 Å². The standard InChI is InChI=1S/C5H9NO3/c6-4-3(1-7)2-9-5(4)8/h3-4,7H,1-2,6H2. The zero-order valence-electron chi connectivity index (χ0n) is 4.91. The molecular formula is C5H9NO3. The Labute approximate surface area is 52.6 Å². The highest BCUT2D eigenvalue weighted by molar-refractivity contribution is 5.77. The second-order valence-corrected chi connectivity index (χ2v) is 2.10. The molecule has 9 heavy (non-hydrogen) atoms. The van der Waals surface area contributed by atoms with E-state index in [1.165, 1.54) is 0 Å². The van der Waals surface area contributed by atoms with Gasteiger partial charge in [-0.05, 0) is 0 Å². The van der Waals surface area contributed by atoms with E-state index in [0.717, 1.165) is 0 Å². The van der Waals surface area contributed by atoms with Crippen molar-refractivity contribution in [2.75, 3.05) is 13.2 Å². The summed E-state index contributed by atoms with van der Waals surface area (Å²) < 4.78 is 4.54. The Hall–Kier alpha value is -0.610. The number of esters is 1. The second kappa shape index (κ2) is 2.33. The lowest BCUT2D eigenvalue weighted by Crippen LogP contribution is -2.33. The molecule has 0 aromatic carbocycles. The van der Waals surface area contributed by atoms with Crippen molar-refractivity contribution in [3.63, 3.8) is 0 Å². The normalized spacial score (nSPS) is 34.7. The maximum atomic E-state index is 10.5. The summed E-state index contributed by atoms with van der Waals surface area (Å²) in [7, 11) is 0. The maximum Gasteiger partial charge on any atom is 0.323 e. The van der Waals surface area contributed by atoms with E-state index in [2.05, 4.69) is 4.74 Å². The lowest BCUT2D eigenvalue weighted by Gasteiger charge is -2.03. The van der Waals surface area contributed by atoms with Crippen molar-refractivity contribution in [3.8, 4) is 0 Å². The smallest absolute Gasteiger partial charge is 0.323 e. The van der Waals surface area contributed by atoms with E-state index in [4.69, 9.17) is 10.8 Å². The molecule has 4 nitrogen and oxygen atoms in total. The SMILES string of the molecule is NC1C(=O)OCC1CO. The number of cyclic esters (lactones) is 1. The highest BCUT2D eigenvalue weighted by Gasteiger charge is 2.32. The topological polar surface area (TPSA) is 72.6 Å². The predicted octanol–water partition coefficient (Wildman–Crippen LogP) is -1.52. The molecule has 1 fully saturated rings. The number of hydrogen-bond donors (Lipinski definition) is 2. The van der Waals surface area contributed by atoms with Crippen LogP contribution in [-0.4, -0.2) is 30.3 Å². The van der Waals surface area contributed by atoms with Gasteiger partial charge in [-0.15, -0.1) is 0 Å². The number of aliphatic hydroxyl groups is 1. The summed E-state index contributed by atoms with van der Waals surface area (Å²) in [5.74, 6) is -0.605. The van der Waals surface area contributed by atoms with Crippen LogP contribution in [0.2, 0.25) is 0 Å². The third-order valence-corrected chi connectivity index (χ3v) is 1.45. The molecule has 0 aliphatic carbocycles. The van der Waals surface area contributed by atoms with Gasteiger partial charge in [-0.3, -0.25) is 4.79 Å². The molecule has 0 radical (unpaired) electrons. The van der Waals surface area contributed by atoms with E-state index in [1.807, 2.05) is 0 Å². The highest BCUT2D eigenvalue weighted by Crippen LogP contribution is 2.11. The number of carbonyl (C=O) groups is 1. The van der Waals surface area contributed by atoms with Gasteiger partial charge in [0.15, 0.2) is 0 Å². The van der Waals surface area contributed by atoms with Gasteiger partial charge in [-0.1, -0.05) is 0 Å². The Morgan fingerprint density at radius 2 is 2.56 bits per heavy atom. The lowest BCUT2D eigenvalue weighted by molar-refractivity contribution is -0.139. The van der Waals surface area contributed by atoms with Crippen molar-refractivity contribution in [2.24, 2.45) is 11.7 Å². The molecule has 1 aliphatic rings. The Morgan fingerprint density at radius 3 is 2.78 bits per heavy atom. The summed E-state index contributed by atoms with van der Waals surface area (Å²) in [6.45, 7) is 0.184. The summed E-state index contributed by atoms with van der Waals surface area (Å²) in [4.78, 5) is 10.5. The largest absolute Gasteiger partial charge is 0.464 e. The fourth-order valence-electron chi connectivity index (χ4n) is 0.748. The van der Waals surface area contributed by atoms with E-state index in [1.54, 1.807) is 0 Å². The van der Waals surface area contributed by atoms with Crippen LogP contribution in [0.4, 0.5) is 0 Å². The van der Waals surface area contributed by atoms with Crippen molar-refractivity contribution < 1.29 is 14.6 Å². The molecule has 0 spiro atoms. The van der Waals surface area contributed by atoms with Gasteiger partial charge in [0.05, 0.1) is 13.2 Å². The lowest BCUT2D eigenvalue weighted by atomic mass is 10.1. The first kappa shape index (κ1) is 6.51. The first-order valence-corrected chi connectivity index (χ1v) is 2.78. The summed E-state index contributed by atoms with van der Waals surface area (Å²) >= 11 is 0. The van der Waals surface area contributed by atoms with E-state index >= 15 is 0 Å². The van der Waals surface area contributed by atoms with Crippen LogP contribution in [0.5, 0.6) is 0 Å². The molecule has 0 saturated carbocycles. The fraction of sp³-hybridized carbons (Fsp3) is 0.800. The first-order chi connectivity index (χ1) is 4.25. The molecule has 4 heteroatoms. The van der Waals surface area contributed by atoms with Gasteiger partial charge >= 0.3 is 5.97 Å². The number of hydrogen-bond acceptors (Lipinski definition) is 4. The van der Waals surface area contributed by atoms with Crippen molar-refractivity contribution in [2.45, 2.75) is 6.04 Å². The maximum absolute atomic E-state index is 10.5. The van der Waals surface area contributed by atoms with E-state index in [-0.39, 0.29) is 19.1 Å². The van der Waals surface area contributed by atoms with E-state index in [0.29, 0.717) is 0 Å². The minimum atomic E-state index is -0.616. The second-order valence-electron chi connectivity index (χ2n) is 2.10. The average molecular weight is 131 g/mol. The minimum Gasteiger partial charge on any atom is -0.464 e. The molecule has 1 heterocycles. The molecule has 2 unspecified atom stereocenters. The van der Waals surface area contributed by atoms with Crippen LogP contribution in [0, 0.1) is 5.92 Å². The molecule has 0 aromatic rings. The third-order valence-electron chi connectivity index (χ3n) is 1.45.